The largest absolute Gasteiger partial charge is 0.346 e. The fourth-order valence-electron chi connectivity index (χ4n) is 2.19. The number of benzene rings is 1. The van der Waals surface area contributed by atoms with Crippen LogP contribution in [0.5, 0.6) is 0 Å². The lowest BCUT2D eigenvalue weighted by Gasteiger charge is -2.23. The van der Waals surface area contributed by atoms with Gasteiger partial charge in [-0.05, 0) is 31.5 Å². The van der Waals surface area contributed by atoms with E-state index in [4.69, 9.17) is 5.26 Å². The van der Waals surface area contributed by atoms with Gasteiger partial charge in [0.25, 0.3) is 5.91 Å². The van der Waals surface area contributed by atoms with E-state index in [9.17, 15) is 13.2 Å². The summed E-state index contributed by atoms with van der Waals surface area (Å²) >= 11 is 0. The third kappa shape index (κ3) is 3.12. The van der Waals surface area contributed by atoms with Gasteiger partial charge in [-0.3, -0.25) is 4.79 Å². The van der Waals surface area contributed by atoms with E-state index < -0.39 is 15.4 Å². The Balaban J connectivity index is 2.16. The highest BCUT2D eigenvalue weighted by atomic mass is 32.2. The second-order valence-electron chi connectivity index (χ2n) is 5.05. The van der Waals surface area contributed by atoms with Crippen molar-refractivity contribution in [2.24, 2.45) is 0 Å². The second-order valence-corrected chi connectivity index (χ2v) is 7.23. The summed E-state index contributed by atoms with van der Waals surface area (Å²) < 4.78 is 22.9. The highest BCUT2D eigenvalue weighted by molar-refractivity contribution is 7.91. The summed E-state index contributed by atoms with van der Waals surface area (Å²) in [7, 11) is -3.06. The zero-order valence-electron chi connectivity index (χ0n) is 10.5. The van der Waals surface area contributed by atoms with E-state index in [-0.39, 0.29) is 17.4 Å². The number of hydrogen-bond acceptors (Lipinski definition) is 4. The first kappa shape index (κ1) is 13.6. The summed E-state index contributed by atoms with van der Waals surface area (Å²) in [5, 5.41) is 11.5. The molecule has 1 heterocycles. The van der Waals surface area contributed by atoms with E-state index in [1.165, 1.54) is 6.07 Å². The van der Waals surface area contributed by atoms with Gasteiger partial charge in [0.1, 0.15) is 0 Å². The Morgan fingerprint density at radius 1 is 1.47 bits per heavy atom. The van der Waals surface area contributed by atoms with Gasteiger partial charge in [-0.1, -0.05) is 6.07 Å². The number of sulfone groups is 1. The van der Waals surface area contributed by atoms with Crippen molar-refractivity contribution in [3.8, 4) is 6.07 Å². The molecule has 0 saturated carbocycles. The van der Waals surface area contributed by atoms with Gasteiger partial charge in [-0.25, -0.2) is 8.42 Å². The summed E-state index contributed by atoms with van der Waals surface area (Å²) in [4.78, 5) is 12.1. The van der Waals surface area contributed by atoms with E-state index >= 15 is 0 Å². The molecule has 1 N–H and O–H groups in total. The number of rotatable bonds is 2. The molecular formula is C13H14N2O3S. The normalized spacial score (nSPS) is 24.6. The molecule has 0 aliphatic carbocycles. The quantitative estimate of drug-likeness (QED) is 0.869. The molecule has 1 aliphatic heterocycles. The molecule has 19 heavy (non-hydrogen) atoms. The minimum Gasteiger partial charge on any atom is -0.346 e. The first-order valence-corrected chi connectivity index (χ1v) is 7.69. The van der Waals surface area contributed by atoms with Crippen LogP contribution in [0.1, 0.15) is 29.3 Å². The van der Waals surface area contributed by atoms with E-state index in [0.717, 1.165) is 0 Å². The van der Waals surface area contributed by atoms with Crippen molar-refractivity contribution in [2.75, 3.05) is 11.5 Å². The maximum absolute atomic E-state index is 12.1. The Kier molecular flexibility index (Phi) is 3.33. The van der Waals surface area contributed by atoms with Crippen LogP contribution in [0.2, 0.25) is 0 Å². The van der Waals surface area contributed by atoms with Gasteiger partial charge in [0.15, 0.2) is 9.84 Å². The molecule has 1 saturated heterocycles. The molecule has 0 radical (unpaired) electrons. The average molecular weight is 278 g/mol. The summed E-state index contributed by atoms with van der Waals surface area (Å²) in [6, 6.07) is 8.29. The standard InChI is InChI=1S/C13H14N2O3S/c1-13(5-6-19(17,18)9-13)15-12(16)11-4-2-3-10(7-11)8-14/h2-4,7H,5-6,9H2,1H3,(H,15,16). The average Bonchev–Trinajstić information content (AvgIpc) is 2.63. The van der Waals surface area contributed by atoms with Crippen LogP contribution < -0.4 is 5.32 Å². The highest BCUT2D eigenvalue weighted by Crippen LogP contribution is 2.23. The van der Waals surface area contributed by atoms with Crippen LogP contribution in [-0.2, 0) is 9.84 Å². The molecule has 6 heteroatoms. The van der Waals surface area contributed by atoms with Crippen molar-refractivity contribution in [2.45, 2.75) is 18.9 Å². The predicted octanol–water partition coefficient (Wildman–Crippen LogP) is 0.865. The number of carbonyl (C=O) groups excluding carboxylic acids is 1. The van der Waals surface area contributed by atoms with Crippen molar-refractivity contribution < 1.29 is 13.2 Å². The van der Waals surface area contributed by atoms with E-state index in [1.54, 1.807) is 25.1 Å². The van der Waals surface area contributed by atoms with Crippen molar-refractivity contribution >= 4 is 15.7 Å². The molecule has 1 aromatic carbocycles. The van der Waals surface area contributed by atoms with E-state index in [2.05, 4.69) is 5.32 Å². The molecule has 1 fully saturated rings. The Morgan fingerprint density at radius 2 is 2.21 bits per heavy atom. The molecule has 2 rings (SSSR count). The van der Waals surface area contributed by atoms with Crippen LogP contribution in [0.15, 0.2) is 24.3 Å². The monoisotopic (exact) mass is 278 g/mol. The van der Waals surface area contributed by atoms with Gasteiger partial charge < -0.3 is 5.32 Å². The van der Waals surface area contributed by atoms with Crippen LogP contribution in [0.25, 0.3) is 0 Å². The molecule has 1 atom stereocenters. The maximum Gasteiger partial charge on any atom is 0.251 e. The number of nitrogens with zero attached hydrogens (tertiary/aromatic N) is 1. The van der Waals surface area contributed by atoms with E-state index in [0.29, 0.717) is 17.5 Å². The minimum absolute atomic E-state index is 0.0380. The van der Waals surface area contributed by atoms with Gasteiger partial charge in [0.05, 0.1) is 28.7 Å². The molecule has 1 aromatic rings. The fourth-order valence-corrected chi connectivity index (χ4v) is 4.28. The third-order valence-corrected chi connectivity index (χ3v) is 5.08. The van der Waals surface area contributed by atoms with E-state index in [1.807, 2.05) is 6.07 Å². The van der Waals surface area contributed by atoms with Crippen LogP contribution in [-0.4, -0.2) is 31.4 Å². The first-order chi connectivity index (χ1) is 8.84. The van der Waals surface area contributed by atoms with Crippen LogP contribution in [0.4, 0.5) is 0 Å². The third-order valence-electron chi connectivity index (χ3n) is 3.17. The number of nitrogens with one attached hydrogen (secondary N) is 1. The molecule has 1 unspecified atom stereocenters. The van der Waals surface area contributed by atoms with Gasteiger partial charge in [0, 0.05) is 5.56 Å². The molecular weight excluding hydrogens is 264 g/mol. The number of amides is 1. The molecule has 1 aliphatic rings. The van der Waals surface area contributed by atoms with Crippen molar-refractivity contribution in [3.63, 3.8) is 0 Å². The van der Waals surface area contributed by atoms with Gasteiger partial charge in [0.2, 0.25) is 0 Å². The minimum atomic E-state index is -3.06. The van der Waals surface area contributed by atoms with Gasteiger partial charge in [-0.2, -0.15) is 5.26 Å². The lowest BCUT2D eigenvalue weighted by Crippen LogP contribution is -2.46. The smallest absolute Gasteiger partial charge is 0.251 e. The summed E-state index contributed by atoms with van der Waals surface area (Å²) in [6.45, 7) is 1.73. The van der Waals surface area contributed by atoms with Crippen molar-refractivity contribution in [3.05, 3.63) is 35.4 Å². The molecule has 100 valence electrons. The Labute approximate surface area is 112 Å². The molecule has 0 bridgehead atoms. The SMILES string of the molecule is CC1(NC(=O)c2cccc(C#N)c2)CCS(=O)(=O)C1. The summed E-state index contributed by atoms with van der Waals surface area (Å²) in [5.41, 5.74) is 0.0416. The fraction of sp³-hybridized carbons (Fsp3) is 0.385. The van der Waals surface area contributed by atoms with Crippen LogP contribution >= 0.6 is 0 Å². The topological polar surface area (TPSA) is 87.0 Å². The number of carbonyl (C=O) groups is 1. The Bertz CT molecular complexity index is 661. The molecule has 5 nitrogen and oxygen atoms in total. The predicted molar refractivity (Wildman–Crippen MR) is 70.3 cm³/mol. The Morgan fingerprint density at radius 3 is 2.79 bits per heavy atom. The second kappa shape index (κ2) is 4.67. The Hall–Kier alpha value is -1.87. The highest BCUT2D eigenvalue weighted by Gasteiger charge is 2.39. The lowest BCUT2D eigenvalue weighted by atomic mass is 10.0. The van der Waals surface area contributed by atoms with Gasteiger partial charge in [-0.15, -0.1) is 0 Å². The first-order valence-electron chi connectivity index (χ1n) is 5.87. The zero-order chi connectivity index (χ0) is 14.1. The van der Waals surface area contributed by atoms with Crippen molar-refractivity contribution in [1.29, 1.82) is 5.26 Å². The molecule has 0 aromatic heterocycles. The van der Waals surface area contributed by atoms with Crippen LogP contribution in [0, 0.1) is 11.3 Å². The van der Waals surface area contributed by atoms with Gasteiger partial charge >= 0.3 is 0 Å². The number of hydrogen-bond donors (Lipinski definition) is 1. The lowest BCUT2D eigenvalue weighted by molar-refractivity contribution is 0.0915. The molecule has 1 amide bonds. The maximum atomic E-state index is 12.1. The van der Waals surface area contributed by atoms with Crippen molar-refractivity contribution in [1.82, 2.24) is 5.32 Å². The zero-order valence-corrected chi connectivity index (χ0v) is 11.3. The summed E-state index contributed by atoms with van der Waals surface area (Å²) in [6.07, 6.45) is 0.416. The molecule has 0 spiro atoms. The summed E-state index contributed by atoms with van der Waals surface area (Å²) in [5.74, 6) is -0.289. The number of nitriles is 1. The van der Waals surface area contributed by atoms with Crippen LogP contribution in [0.3, 0.4) is 0 Å².